The Labute approximate surface area is 77.0 Å². The van der Waals surface area contributed by atoms with Gasteiger partial charge in [-0.25, -0.2) is 0 Å². The van der Waals surface area contributed by atoms with Gasteiger partial charge in [0.05, 0.1) is 0 Å². The molecule has 0 radical (unpaired) electrons. The van der Waals surface area contributed by atoms with Gasteiger partial charge in [-0.1, -0.05) is 0 Å². The second-order valence-electron chi connectivity index (χ2n) is 3.08. The molecule has 4 atom stereocenters. The molecule has 0 amide bonds. The summed E-state index contributed by atoms with van der Waals surface area (Å²) >= 11 is 0.549. The summed E-state index contributed by atoms with van der Waals surface area (Å²) in [6.07, 6.45) is 4.50. The predicted octanol–water partition coefficient (Wildman–Crippen LogP) is -0.720. The summed E-state index contributed by atoms with van der Waals surface area (Å²) in [4.78, 5) is 0. The van der Waals surface area contributed by atoms with Gasteiger partial charge in [0.2, 0.25) is 0 Å². The number of hydrogen-bond acceptors (Lipinski definition) is 0. The number of rotatable bonds is 2. The van der Waals surface area contributed by atoms with E-state index in [-0.39, 0.29) is 0 Å². The Morgan fingerprint density at radius 2 is 2.30 bits per heavy atom. The molecule has 62 valence electrons. The van der Waals surface area contributed by atoms with Crippen molar-refractivity contribution in [2.75, 3.05) is 0 Å². The minimum atomic E-state index is 0.549. The van der Waals surface area contributed by atoms with E-state index in [9.17, 15) is 0 Å². The third-order valence-corrected chi connectivity index (χ3v) is 8.56. The fourth-order valence-corrected chi connectivity index (χ4v) is 6.03. The summed E-state index contributed by atoms with van der Waals surface area (Å²) in [6, 6.07) is 0. The van der Waals surface area contributed by atoms with E-state index in [0.717, 1.165) is 13.5 Å². The van der Waals surface area contributed by atoms with E-state index in [1.54, 1.807) is 0 Å². The molecule has 0 aromatic heterocycles. The van der Waals surface area contributed by atoms with E-state index in [1.807, 2.05) is 0 Å². The van der Waals surface area contributed by atoms with Crippen molar-refractivity contribution in [2.45, 2.75) is 46.6 Å². The van der Waals surface area contributed by atoms with E-state index in [2.05, 4.69) is 23.1 Å². The third-order valence-electron chi connectivity index (χ3n) is 2.11. The molecule has 3 unspecified atom stereocenters. The zero-order chi connectivity index (χ0) is 7.56. The zero-order valence-corrected chi connectivity index (χ0v) is 10.1. The molecular weight excluding hydrogens is 254 g/mol. The molecule has 1 rings (SSSR count). The van der Waals surface area contributed by atoms with Crippen LogP contribution in [0.15, 0.2) is 0 Å². The van der Waals surface area contributed by atoms with E-state index in [0.29, 0.717) is 21.2 Å². The summed E-state index contributed by atoms with van der Waals surface area (Å²) in [5.41, 5.74) is 0.893. The molecule has 1 fully saturated rings. The Morgan fingerprint density at radius 1 is 1.60 bits per heavy atom. The summed E-state index contributed by atoms with van der Waals surface area (Å²) in [5.74, 6) is 0. The van der Waals surface area contributed by atoms with Crippen molar-refractivity contribution >= 4 is 9.24 Å². The van der Waals surface area contributed by atoms with Crippen molar-refractivity contribution in [2.24, 2.45) is 0 Å². The average molecular weight is 271 g/mol. The Morgan fingerprint density at radius 3 is 2.60 bits per heavy atom. The van der Waals surface area contributed by atoms with Crippen LogP contribution < -0.4 is 21.2 Å². The monoisotopic (exact) mass is 271 g/mol. The quantitative estimate of drug-likeness (QED) is 0.353. The third kappa shape index (κ3) is 2.34. The molecule has 0 nitrogen and oxygen atoms in total. The Kier molecular flexibility index (Phi) is 3.93. The average Bonchev–Trinajstić information content (AvgIpc) is 2.34. The van der Waals surface area contributed by atoms with E-state index >= 15 is 0 Å². The van der Waals surface area contributed by atoms with Crippen molar-refractivity contribution in [1.82, 2.24) is 0 Å². The van der Waals surface area contributed by atoms with E-state index < -0.39 is 0 Å². The fraction of sp³-hybridized carbons (Fsp3) is 1.00. The van der Waals surface area contributed by atoms with Gasteiger partial charge in [0.15, 0.2) is 0 Å². The van der Waals surface area contributed by atoms with Crippen molar-refractivity contribution in [3.05, 3.63) is 0 Å². The van der Waals surface area contributed by atoms with Crippen LogP contribution in [0.2, 0.25) is 0 Å². The molecule has 1 aliphatic heterocycles. The molecule has 0 N–H and O–H groups in total. The van der Waals surface area contributed by atoms with Crippen LogP contribution in [0.1, 0.15) is 33.1 Å². The topological polar surface area (TPSA) is 0 Å². The van der Waals surface area contributed by atoms with Gasteiger partial charge in [-0.05, 0) is 0 Å². The van der Waals surface area contributed by atoms with Crippen molar-refractivity contribution in [3.8, 4) is 0 Å². The van der Waals surface area contributed by atoms with Gasteiger partial charge < -0.3 is 0 Å². The molecule has 0 aliphatic carbocycles. The first-order valence-electron chi connectivity index (χ1n) is 4.11. The van der Waals surface area contributed by atoms with Gasteiger partial charge in [0, 0.05) is 0 Å². The van der Waals surface area contributed by atoms with Crippen molar-refractivity contribution in [1.29, 1.82) is 0 Å². The summed E-state index contributed by atoms with van der Waals surface area (Å²) in [5, 5.41) is 0. The number of halogens is 1. The van der Waals surface area contributed by atoms with E-state index in [1.165, 1.54) is 19.3 Å². The van der Waals surface area contributed by atoms with Gasteiger partial charge in [-0.3, -0.25) is 0 Å². The van der Waals surface area contributed by atoms with Crippen LogP contribution in [0.3, 0.4) is 0 Å². The molecule has 2 heteroatoms. The van der Waals surface area contributed by atoms with Crippen LogP contribution in [-0.2, 0) is 0 Å². The van der Waals surface area contributed by atoms with Crippen LogP contribution in [0, 0.1) is 0 Å². The normalized spacial score (nSPS) is 37.1. The van der Waals surface area contributed by atoms with Crippen LogP contribution >= 0.6 is 9.24 Å². The Balaban J connectivity index is 2.28. The first-order valence-corrected chi connectivity index (χ1v) is 7.27. The van der Waals surface area contributed by atoms with Crippen molar-refractivity contribution < 1.29 is 21.2 Å². The summed E-state index contributed by atoms with van der Waals surface area (Å²) < 4.78 is 2.28. The standard InChI is InChI=1S/C8H17IP/c1-3-7-4-5-8(9-7)6(2)10/h6-8H,3-5,10H2,1-2H3/q-1/t6?,7?,8-/m0/s1. The van der Waals surface area contributed by atoms with Crippen molar-refractivity contribution in [3.63, 3.8) is 0 Å². The van der Waals surface area contributed by atoms with Gasteiger partial charge in [-0.15, -0.1) is 0 Å². The molecule has 0 aromatic carbocycles. The number of alkyl halides is 2. The Bertz CT molecular complexity index is 103. The molecule has 1 heterocycles. The van der Waals surface area contributed by atoms with Crippen LogP contribution in [0.5, 0.6) is 0 Å². The maximum absolute atomic E-state index is 2.97. The van der Waals surface area contributed by atoms with Gasteiger partial charge >= 0.3 is 77.1 Å². The molecule has 1 aliphatic rings. The summed E-state index contributed by atoms with van der Waals surface area (Å²) in [7, 11) is 2.97. The molecular formula is C8H17IP-. The SMILES string of the molecule is CCC1CC[C@@H](C(C)P)[I-]1. The van der Waals surface area contributed by atoms with Crippen LogP contribution in [0.4, 0.5) is 0 Å². The van der Waals surface area contributed by atoms with Gasteiger partial charge in [0.1, 0.15) is 0 Å². The maximum atomic E-state index is 2.97. The molecule has 0 spiro atoms. The molecule has 0 aromatic rings. The first-order chi connectivity index (χ1) is 4.74. The van der Waals surface area contributed by atoms with E-state index in [4.69, 9.17) is 0 Å². The zero-order valence-electron chi connectivity index (χ0n) is 6.81. The molecule has 10 heavy (non-hydrogen) atoms. The van der Waals surface area contributed by atoms with Gasteiger partial charge in [0.25, 0.3) is 0 Å². The molecule has 0 bridgehead atoms. The second kappa shape index (κ2) is 4.25. The number of hydrogen-bond donors (Lipinski definition) is 0. The van der Waals surface area contributed by atoms with Gasteiger partial charge in [-0.2, -0.15) is 0 Å². The molecule has 1 saturated heterocycles. The van der Waals surface area contributed by atoms with Crippen LogP contribution in [-0.4, -0.2) is 13.5 Å². The fourth-order valence-electron chi connectivity index (χ4n) is 1.37. The predicted molar refractivity (Wildman–Crippen MR) is 46.3 cm³/mol. The second-order valence-corrected chi connectivity index (χ2v) is 8.22. The Hall–Kier alpha value is 1.16. The minimum absolute atomic E-state index is 0.549. The van der Waals surface area contributed by atoms with Crippen LogP contribution in [0.25, 0.3) is 0 Å². The first kappa shape index (κ1) is 9.25. The summed E-state index contributed by atoms with van der Waals surface area (Å²) in [6.45, 7) is 4.70. The molecule has 0 saturated carbocycles.